The second-order valence-corrected chi connectivity index (χ2v) is 7.36. The maximum atomic E-state index is 12.4. The molecule has 2 heterocycles. The lowest BCUT2D eigenvalue weighted by atomic mass is 9.96. The van der Waals surface area contributed by atoms with Crippen LogP contribution in [0.15, 0.2) is 71.3 Å². The van der Waals surface area contributed by atoms with Crippen molar-refractivity contribution in [2.45, 2.75) is 19.4 Å². The molecule has 1 fully saturated rings. The number of hydrogen-bond donors (Lipinski definition) is 1. The molecule has 1 saturated heterocycles. The van der Waals surface area contributed by atoms with Crippen LogP contribution >= 0.6 is 0 Å². The number of amides is 1. The van der Waals surface area contributed by atoms with Gasteiger partial charge in [-0.1, -0.05) is 65.8 Å². The number of carbonyl (C=O) groups is 1. The van der Waals surface area contributed by atoms with Gasteiger partial charge in [-0.2, -0.15) is 0 Å². The second-order valence-electron chi connectivity index (χ2n) is 7.36. The molecule has 4 rings (SSSR count). The molecule has 0 saturated carbocycles. The number of nitrogens with one attached hydrogen (secondary N) is 1. The number of piperidine rings is 1. The Morgan fingerprint density at radius 3 is 2.43 bits per heavy atom. The van der Waals surface area contributed by atoms with Crippen LogP contribution in [0.1, 0.15) is 28.9 Å². The topological polar surface area (TPSA) is 58.4 Å². The third-order valence-corrected chi connectivity index (χ3v) is 5.31. The average molecular weight is 375 g/mol. The summed E-state index contributed by atoms with van der Waals surface area (Å²) < 4.78 is 5.32. The largest absolute Gasteiger partial charge is 0.355 e. The normalized spacial score (nSPS) is 15.4. The number of likely N-dealkylation sites (tertiary alicyclic amines) is 1. The summed E-state index contributed by atoms with van der Waals surface area (Å²) in [5.41, 5.74) is 2.61. The van der Waals surface area contributed by atoms with Gasteiger partial charge in [-0.25, -0.2) is 0 Å². The minimum atomic E-state index is -0.169. The van der Waals surface area contributed by atoms with Gasteiger partial charge in [0.05, 0.1) is 0 Å². The maximum absolute atomic E-state index is 12.4. The zero-order chi connectivity index (χ0) is 19.2. The zero-order valence-electron chi connectivity index (χ0n) is 15.9. The van der Waals surface area contributed by atoms with E-state index in [4.69, 9.17) is 4.52 Å². The summed E-state index contributed by atoms with van der Waals surface area (Å²) in [7, 11) is 0. The SMILES string of the molecule is O=C(NCC1CCN(Cc2ccccc2)CC1)c1cc(-c2ccccc2)on1. The summed E-state index contributed by atoms with van der Waals surface area (Å²) in [6.07, 6.45) is 2.20. The van der Waals surface area contributed by atoms with Crippen LogP contribution in [0.4, 0.5) is 0 Å². The molecular weight excluding hydrogens is 350 g/mol. The van der Waals surface area contributed by atoms with Crippen molar-refractivity contribution in [3.05, 3.63) is 78.0 Å². The predicted octanol–water partition coefficient (Wildman–Crippen LogP) is 3.98. The minimum absolute atomic E-state index is 0.169. The van der Waals surface area contributed by atoms with E-state index in [9.17, 15) is 4.79 Å². The number of rotatable bonds is 6. The Morgan fingerprint density at radius 2 is 1.71 bits per heavy atom. The molecule has 5 nitrogen and oxygen atoms in total. The first kappa shape index (κ1) is 18.4. The second kappa shape index (κ2) is 8.85. The van der Waals surface area contributed by atoms with Gasteiger partial charge in [0, 0.05) is 24.7 Å². The number of nitrogens with zero attached hydrogens (tertiary/aromatic N) is 2. The average Bonchev–Trinajstić information content (AvgIpc) is 3.25. The van der Waals surface area contributed by atoms with E-state index in [0.717, 1.165) is 38.0 Å². The van der Waals surface area contributed by atoms with E-state index in [-0.39, 0.29) is 5.91 Å². The third kappa shape index (κ3) is 4.67. The van der Waals surface area contributed by atoms with E-state index in [1.165, 1.54) is 5.56 Å². The number of hydrogen-bond acceptors (Lipinski definition) is 4. The monoisotopic (exact) mass is 375 g/mol. The van der Waals surface area contributed by atoms with Crippen LogP contribution in [-0.2, 0) is 6.54 Å². The van der Waals surface area contributed by atoms with E-state index in [1.807, 2.05) is 30.3 Å². The van der Waals surface area contributed by atoms with E-state index in [1.54, 1.807) is 6.07 Å². The van der Waals surface area contributed by atoms with Gasteiger partial charge in [-0.3, -0.25) is 9.69 Å². The Labute approximate surface area is 165 Å². The molecule has 0 aliphatic carbocycles. The van der Waals surface area contributed by atoms with Crippen molar-refractivity contribution >= 4 is 5.91 Å². The quantitative estimate of drug-likeness (QED) is 0.708. The number of benzene rings is 2. The molecule has 0 radical (unpaired) electrons. The molecule has 3 aromatic rings. The van der Waals surface area contributed by atoms with Crippen molar-refractivity contribution in [1.82, 2.24) is 15.4 Å². The third-order valence-electron chi connectivity index (χ3n) is 5.31. The summed E-state index contributed by atoms with van der Waals surface area (Å²) in [6, 6.07) is 22.0. The Morgan fingerprint density at radius 1 is 1.04 bits per heavy atom. The summed E-state index contributed by atoms with van der Waals surface area (Å²) in [5.74, 6) is 0.953. The first-order valence-electron chi connectivity index (χ1n) is 9.84. The first-order valence-corrected chi connectivity index (χ1v) is 9.84. The molecule has 5 heteroatoms. The fourth-order valence-corrected chi connectivity index (χ4v) is 3.64. The summed E-state index contributed by atoms with van der Waals surface area (Å²) in [4.78, 5) is 14.9. The molecule has 28 heavy (non-hydrogen) atoms. The fourth-order valence-electron chi connectivity index (χ4n) is 3.64. The molecule has 1 aliphatic rings. The summed E-state index contributed by atoms with van der Waals surface area (Å²) >= 11 is 0. The Balaban J connectivity index is 1.23. The smallest absolute Gasteiger partial charge is 0.273 e. The summed E-state index contributed by atoms with van der Waals surface area (Å²) in [6.45, 7) is 3.82. The van der Waals surface area contributed by atoms with Gasteiger partial charge in [0.1, 0.15) is 0 Å². The molecule has 2 aromatic carbocycles. The van der Waals surface area contributed by atoms with Crippen molar-refractivity contribution in [1.29, 1.82) is 0 Å². The van der Waals surface area contributed by atoms with Crippen LogP contribution in [0.2, 0.25) is 0 Å². The van der Waals surface area contributed by atoms with Crippen molar-refractivity contribution < 1.29 is 9.32 Å². The van der Waals surface area contributed by atoms with E-state index in [0.29, 0.717) is 23.9 Å². The molecule has 1 aromatic heterocycles. The highest BCUT2D eigenvalue weighted by Gasteiger charge is 2.21. The fraction of sp³-hybridized carbons (Fsp3) is 0.304. The van der Waals surface area contributed by atoms with Gasteiger partial charge >= 0.3 is 0 Å². The molecular formula is C23H25N3O2. The van der Waals surface area contributed by atoms with Crippen molar-refractivity contribution in [2.24, 2.45) is 5.92 Å². The van der Waals surface area contributed by atoms with Crippen LogP contribution in [0.5, 0.6) is 0 Å². The molecule has 0 spiro atoms. The number of carbonyl (C=O) groups excluding carboxylic acids is 1. The first-order chi connectivity index (χ1) is 13.8. The van der Waals surface area contributed by atoms with Crippen LogP contribution in [0.25, 0.3) is 11.3 Å². The van der Waals surface area contributed by atoms with Gasteiger partial charge in [-0.05, 0) is 37.4 Å². The molecule has 0 unspecified atom stereocenters. The van der Waals surface area contributed by atoms with Crippen molar-refractivity contribution in [2.75, 3.05) is 19.6 Å². The van der Waals surface area contributed by atoms with E-state index in [2.05, 4.69) is 45.7 Å². The minimum Gasteiger partial charge on any atom is -0.355 e. The van der Waals surface area contributed by atoms with Crippen molar-refractivity contribution in [3.8, 4) is 11.3 Å². The Bertz CT molecular complexity index is 884. The van der Waals surface area contributed by atoms with Gasteiger partial charge in [0.15, 0.2) is 11.5 Å². The molecule has 1 aliphatic heterocycles. The van der Waals surface area contributed by atoms with Gasteiger partial charge in [-0.15, -0.1) is 0 Å². The molecule has 0 atom stereocenters. The molecule has 0 bridgehead atoms. The van der Waals surface area contributed by atoms with Crippen LogP contribution in [0, 0.1) is 5.92 Å². The number of aromatic nitrogens is 1. The highest BCUT2D eigenvalue weighted by atomic mass is 16.5. The van der Waals surface area contributed by atoms with Crippen LogP contribution < -0.4 is 5.32 Å². The zero-order valence-corrected chi connectivity index (χ0v) is 15.9. The lowest BCUT2D eigenvalue weighted by Gasteiger charge is -2.32. The molecule has 1 N–H and O–H groups in total. The molecule has 144 valence electrons. The van der Waals surface area contributed by atoms with E-state index < -0.39 is 0 Å². The summed E-state index contributed by atoms with van der Waals surface area (Å²) in [5, 5.41) is 6.94. The highest BCUT2D eigenvalue weighted by Crippen LogP contribution is 2.21. The van der Waals surface area contributed by atoms with Crippen LogP contribution in [0.3, 0.4) is 0 Å². The molecule has 1 amide bonds. The predicted molar refractivity (Wildman–Crippen MR) is 109 cm³/mol. The lowest BCUT2D eigenvalue weighted by molar-refractivity contribution is 0.0926. The van der Waals surface area contributed by atoms with Crippen molar-refractivity contribution in [3.63, 3.8) is 0 Å². The van der Waals surface area contributed by atoms with Gasteiger partial charge in [0.25, 0.3) is 5.91 Å². The Kier molecular flexibility index (Phi) is 5.83. The Hall–Kier alpha value is -2.92. The van der Waals surface area contributed by atoms with Gasteiger partial charge in [0.2, 0.25) is 0 Å². The maximum Gasteiger partial charge on any atom is 0.273 e. The highest BCUT2D eigenvalue weighted by molar-refractivity contribution is 5.93. The standard InChI is InChI=1S/C23H25N3O2/c27-23(21-15-22(28-25-21)20-9-5-2-6-10-20)24-16-18-11-13-26(14-12-18)17-19-7-3-1-4-8-19/h1-10,15,18H,11-14,16-17H2,(H,24,27). The van der Waals surface area contributed by atoms with Crippen LogP contribution in [-0.4, -0.2) is 35.6 Å². The van der Waals surface area contributed by atoms with E-state index >= 15 is 0 Å². The lowest BCUT2D eigenvalue weighted by Crippen LogP contribution is -2.38. The van der Waals surface area contributed by atoms with Gasteiger partial charge < -0.3 is 9.84 Å².